The highest BCUT2D eigenvalue weighted by atomic mass is 16.5. The lowest BCUT2D eigenvalue weighted by atomic mass is 9.92. The topological polar surface area (TPSA) is 27.1 Å². The van der Waals surface area contributed by atoms with Gasteiger partial charge in [0.1, 0.15) is 5.75 Å². The van der Waals surface area contributed by atoms with Crippen molar-refractivity contribution < 1.29 is 4.74 Å². The van der Waals surface area contributed by atoms with E-state index in [0.29, 0.717) is 5.92 Å². The number of aromatic nitrogens is 2. The van der Waals surface area contributed by atoms with E-state index in [1.165, 1.54) is 24.8 Å². The molecule has 0 N–H and O–H groups in total. The molecule has 0 amide bonds. The number of benzene rings is 1. The monoisotopic (exact) mass is 258 g/mol. The summed E-state index contributed by atoms with van der Waals surface area (Å²) in [6.45, 7) is 3.19. The van der Waals surface area contributed by atoms with Gasteiger partial charge in [0.25, 0.3) is 0 Å². The lowest BCUT2D eigenvalue weighted by molar-refractivity contribution is 0.397. The summed E-state index contributed by atoms with van der Waals surface area (Å²) in [6.07, 6.45) is 9.36. The van der Waals surface area contributed by atoms with Crippen molar-refractivity contribution in [2.45, 2.75) is 38.6 Å². The maximum atomic E-state index is 5.50. The molecule has 1 atom stereocenters. The summed E-state index contributed by atoms with van der Waals surface area (Å²) in [4.78, 5) is 4.12. The van der Waals surface area contributed by atoms with Gasteiger partial charge in [0.2, 0.25) is 0 Å². The summed E-state index contributed by atoms with van der Waals surface area (Å²) >= 11 is 0. The van der Waals surface area contributed by atoms with Crippen molar-refractivity contribution in [1.82, 2.24) is 9.55 Å². The van der Waals surface area contributed by atoms with Crippen LogP contribution in [0.15, 0.2) is 43.0 Å². The Hall–Kier alpha value is -1.77. The van der Waals surface area contributed by atoms with Crippen LogP contribution < -0.4 is 4.74 Å². The Bertz CT molecular complexity index is 479. The van der Waals surface area contributed by atoms with Gasteiger partial charge >= 0.3 is 0 Å². The summed E-state index contributed by atoms with van der Waals surface area (Å²) in [6, 6.07) is 8.33. The van der Waals surface area contributed by atoms with Crippen LogP contribution >= 0.6 is 0 Å². The minimum atomic E-state index is 0.477. The molecule has 0 radical (unpaired) electrons. The Morgan fingerprint density at radius 1 is 1.32 bits per heavy atom. The second kappa shape index (κ2) is 6.98. The predicted octanol–water partition coefficient (Wildman–Crippen LogP) is 3.87. The Morgan fingerprint density at radius 3 is 2.84 bits per heavy atom. The molecule has 19 heavy (non-hydrogen) atoms. The lowest BCUT2D eigenvalue weighted by Crippen LogP contribution is -2.09. The average molecular weight is 258 g/mol. The molecule has 1 aromatic carbocycles. The first-order chi connectivity index (χ1) is 9.35. The van der Waals surface area contributed by atoms with Gasteiger partial charge in [-0.15, -0.1) is 0 Å². The van der Waals surface area contributed by atoms with Gasteiger partial charge in [0.15, 0.2) is 0 Å². The van der Waals surface area contributed by atoms with E-state index in [-0.39, 0.29) is 0 Å². The number of nitrogens with zero attached hydrogens (tertiary/aromatic N) is 2. The highest BCUT2D eigenvalue weighted by Gasteiger charge is 2.15. The van der Waals surface area contributed by atoms with Crippen molar-refractivity contribution in [3.63, 3.8) is 0 Å². The van der Waals surface area contributed by atoms with Crippen LogP contribution in [0.25, 0.3) is 0 Å². The molecule has 0 aliphatic carbocycles. The van der Waals surface area contributed by atoms with Crippen molar-refractivity contribution >= 4 is 0 Å². The third kappa shape index (κ3) is 3.60. The second-order valence-corrected chi connectivity index (χ2v) is 4.84. The molecule has 1 aromatic heterocycles. The third-order valence-corrected chi connectivity index (χ3v) is 3.48. The molecule has 0 aliphatic rings. The first-order valence-corrected chi connectivity index (χ1v) is 6.93. The summed E-state index contributed by atoms with van der Waals surface area (Å²) < 4.78 is 7.65. The Balaban J connectivity index is 2.20. The average Bonchev–Trinajstić information content (AvgIpc) is 2.96. The predicted molar refractivity (Wildman–Crippen MR) is 77.5 cm³/mol. The van der Waals surface area contributed by atoms with Crippen molar-refractivity contribution in [1.29, 1.82) is 0 Å². The van der Waals surface area contributed by atoms with Gasteiger partial charge in [-0.2, -0.15) is 0 Å². The maximum absolute atomic E-state index is 5.50. The van der Waals surface area contributed by atoms with Crippen LogP contribution in [-0.2, 0) is 6.54 Å². The summed E-state index contributed by atoms with van der Waals surface area (Å²) in [5.74, 6) is 1.47. The van der Waals surface area contributed by atoms with Crippen molar-refractivity contribution in [2.75, 3.05) is 7.11 Å². The molecule has 0 saturated carbocycles. The molecule has 102 valence electrons. The molecule has 0 aliphatic heterocycles. The molecule has 1 heterocycles. The number of para-hydroxylation sites is 1. The van der Waals surface area contributed by atoms with Crippen molar-refractivity contribution in [3.8, 4) is 5.75 Å². The van der Waals surface area contributed by atoms with Crippen molar-refractivity contribution in [3.05, 3.63) is 48.5 Å². The van der Waals surface area contributed by atoms with Crippen LogP contribution in [-0.4, -0.2) is 16.7 Å². The lowest BCUT2D eigenvalue weighted by Gasteiger charge is -2.20. The van der Waals surface area contributed by atoms with Gasteiger partial charge in [-0.3, -0.25) is 0 Å². The fourth-order valence-electron chi connectivity index (χ4n) is 2.45. The first kappa shape index (κ1) is 13.7. The number of imidazole rings is 1. The number of rotatable bonds is 7. The number of methoxy groups -OCH3 is 1. The molecule has 0 saturated heterocycles. The van der Waals surface area contributed by atoms with E-state index in [1.54, 1.807) is 7.11 Å². The molecule has 0 bridgehead atoms. The van der Waals surface area contributed by atoms with Crippen LogP contribution in [0.2, 0.25) is 0 Å². The van der Waals surface area contributed by atoms with E-state index in [9.17, 15) is 0 Å². The molecule has 0 spiro atoms. The number of hydrogen-bond acceptors (Lipinski definition) is 2. The fourth-order valence-corrected chi connectivity index (χ4v) is 2.45. The van der Waals surface area contributed by atoms with E-state index in [2.05, 4.69) is 28.6 Å². The van der Waals surface area contributed by atoms with Gasteiger partial charge in [0.05, 0.1) is 13.4 Å². The van der Waals surface area contributed by atoms with Gasteiger partial charge < -0.3 is 9.30 Å². The smallest absolute Gasteiger partial charge is 0.122 e. The SMILES string of the molecule is CCCCC(Cn1ccnc1)c1ccccc1OC. The van der Waals surface area contributed by atoms with Crippen LogP contribution in [0.5, 0.6) is 5.75 Å². The molecule has 0 fully saturated rings. The number of unbranched alkanes of at least 4 members (excludes halogenated alkanes) is 1. The number of hydrogen-bond donors (Lipinski definition) is 0. The maximum Gasteiger partial charge on any atom is 0.122 e. The Kier molecular flexibility index (Phi) is 5.01. The third-order valence-electron chi connectivity index (χ3n) is 3.48. The standard InChI is InChI=1S/C16H22N2O/c1-3-4-7-14(12-18-11-10-17-13-18)15-8-5-6-9-16(15)19-2/h5-6,8-11,13-14H,3-4,7,12H2,1-2H3. The van der Waals surface area contributed by atoms with E-state index >= 15 is 0 Å². The molecule has 1 unspecified atom stereocenters. The molecule has 3 nitrogen and oxygen atoms in total. The molecule has 2 aromatic rings. The second-order valence-electron chi connectivity index (χ2n) is 4.84. The van der Waals surface area contributed by atoms with Crippen LogP contribution in [0.4, 0.5) is 0 Å². The van der Waals surface area contributed by atoms with E-state index in [1.807, 2.05) is 30.9 Å². The van der Waals surface area contributed by atoms with Crippen LogP contribution in [0.3, 0.4) is 0 Å². The van der Waals surface area contributed by atoms with Gasteiger partial charge in [-0.25, -0.2) is 4.98 Å². The fraction of sp³-hybridized carbons (Fsp3) is 0.438. The molecule has 3 heteroatoms. The van der Waals surface area contributed by atoms with E-state index in [0.717, 1.165) is 12.3 Å². The van der Waals surface area contributed by atoms with Gasteiger partial charge in [-0.05, 0) is 18.1 Å². The minimum Gasteiger partial charge on any atom is -0.496 e. The van der Waals surface area contributed by atoms with E-state index < -0.39 is 0 Å². The zero-order valence-corrected chi connectivity index (χ0v) is 11.7. The Morgan fingerprint density at radius 2 is 2.16 bits per heavy atom. The minimum absolute atomic E-state index is 0.477. The van der Waals surface area contributed by atoms with Crippen molar-refractivity contribution in [2.24, 2.45) is 0 Å². The zero-order valence-electron chi connectivity index (χ0n) is 11.7. The largest absolute Gasteiger partial charge is 0.496 e. The molecule has 2 rings (SSSR count). The van der Waals surface area contributed by atoms with Crippen LogP contribution in [0.1, 0.15) is 37.7 Å². The number of ether oxygens (including phenoxy) is 1. The molecular formula is C16H22N2O. The van der Waals surface area contributed by atoms with E-state index in [4.69, 9.17) is 4.74 Å². The van der Waals surface area contributed by atoms with Crippen LogP contribution in [0, 0.1) is 0 Å². The zero-order chi connectivity index (χ0) is 13.5. The molecular weight excluding hydrogens is 236 g/mol. The summed E-state index contributed by atoms with van der Waals surface area (Å²) in [5.41, 5.74) is 1.30. The quantitative estimate of drug-likeness (QED) is 0.754. The summed E-state index contributed by atoms with van der Waals surface area (Å²) in [7, 11) is 1.74. The summed E-state index contributed by atoms with van der Waals surface area (Å²) in [5, 5.41) is 0. The Labute approximate surface area is 115 Å². The highest BCUT2D eigenvalue weighted by Crippen LogP contribution is 2.31. The normalized spacial score (nSPS) is 12.3. The highest BCUT2D eigenvalue weighted by molar-refractivity contribution is 5.36. The van der Waals surface area contributed by atoms with Gasteiger partial charge in [0, 0.05) is 24.9 Å². The first-order valence-electron chi connectivity index (χ1n) is 6.93. The van der Waals surface area contributed by atoms with Gasteiger partial charge in [-0.1, -0.05) is 38.0 Å².